The zero-order valence-electron chi connectivity index (χ0n) is 16.9. The van der Waals surface area contributed by atoms with Gasteiger partial charge in [0.05, 0.1) is 18.5 Å². The summed E-state index contributed by atoms with van der Waals surface area (Å²) in [5.41, 5.74) is 1.86. The highest BCUT2D eigenvalue weighted by atomic mass is 16.5. The number of hydrogen-bond donors (Lipinski definition) is 2. The van der Waals surface area contributed by atoms with Crippen molar-refractivity contribution in [1.29, 1.82) is 0 Å². The molecule has 0 atom stereocenters. The van der Waals surface area contributed by atoms with Crippen LogP contribution in [0.4, 0.5) is 5.69 Å². The Morgan fingerprint density at radius 1 is 1.07 bits per heavy atom. The van der Waals surface area contributed by atoms with E-state index >= 15 is 0 Å². The van der Waals surface area contributed by atoms with E-state index in [1.54, 1.807) is 19.2 Å². The van der Waals surface area contributed by atoms with Gasteiger partial charge in [0.15, 0.2) is 5.82 Å². The molecule has 1 fully saturated rings. The number of amides is 2. The number of para-hydroxylation sites is 2. The van der Waals surface area contributed by atoms with Gasteiger partial charge in [-0.2, -0.15) is 0 Å². The molecule has 2 heterocycles. The number of imidazole rings is 1. The minimum Gasteiger partial charge on any atom is -0.495 e. The summed E-state index contributed by atoms with van der Waals surface area (Å²) in [5, 5.41) is 6.02. The molecule has 1 aliphatic heterocycles. The Morgan fingerprint density at radius 2 is 1.86 bits per heavy atom. The van der Waals surface area contributed by atoms with Crippen LogP contribution in [-0.4, -0.2) is 34.5 Å². The molecular formula is C22H28N4O3. The maximum atomic E-state index is 13.0. The summed E-state index contributed by atoms with van der Waals surface area (Å²) in [6, 6.07) is 7.47. The van der Waals surface area contributed by atoms with Crippen LogP contribution in [0.25, 0.3) is 0 Å². The lowest BCUT2D eigenvalue weighted by Gasteiger charge is -2.23. The first-order valence-corrected chi connectivity index (χ1v) is 10.5. The van der Waals surface area contributed by atoms with E-state index in [0.717, 1.165) is 50.6 Å². The van der Waals surface area contributed by atoms with Gasteiger partial charge < -0.3 is 19.9 Å². The summed E-state index contributed by atoms with van der Waals surface area (Å²) in [4.78, 5) is 30.4. The number of methoxy groups -OCH3 is 1. The Morgan fingerprint density at radius 3 is 2.66 bits per heavy atom. The largest absolute Gasteiger partial charge is 0.495 e. The SMILES string of the molecule is COc1ccccc1NC(=O)c1nc(C(=O)NC2CCCCC2)c2n1CCCC2. The number of carbonyl (C=O) groups is 2. The molecule has 7 heteroatoms. The van der Waals surface area contributed by atoms with Gasteiger partial charge in [0.25, 0.3) is 11.8 Å². The zero-order valence-corrected chi connectivity index (χ0v) is 16.9. The number of benzene rings is 1. The molecule has 2 aromatic rings. The van der Waals surface area contributed by atoms with Crippen LogP contribution in [0.5, 0.6) is 5.75 Å². The van der Waals surface area contributed by atoms with Gasteiger partial charge in [-0.05, 0) is 44.2 Å². The van der Waals surface area contributed by atoms with Gasteiger partial charge >= 0.3 is 0 Å². The van der Waals surface area contributed by atoms with Crippen molar-refractivity contribution in [3.63, 3.8) is 0 Å². The molecule has 154 valence electrons. The van der Waals surface area contributed by atoms with Crippen LogP contribution < -0.4 is 15.4 Å². The monoisotopic (exact) mass is 396 g/mol. The molecule has 2 aliphatic rings. The predicted octanol–water partition coefficient (Wildman–Crippen LogP) is 3.54. The van der Waals surface area contributed by atoms with E-state index in [0.29, 0.717) is 29.5 Å². The summed E-state index contributed by atoms with van der Waals surface area (Å²) >= 11 is 0. The van der Waals surface area contributed by atoms with Crippen molar-refractivity contribution < 1.29 is 14.3 Å². The number of anilines is 1. The van der Waals surface area contributed by atoms with Crippen molar-refractivity contribution >= 4 is 17.5 Å². The average Bonchev–Trinajstić information content (AvgIpc) is 3.15. The van der Waals surface area contributed by atoms with Crippen LogP contribution in [0.1, 0.15) is 71.7 Å². The van der Waals surface area contributed by atoms with E-state index < -0.39 is 0 Å². The number of fused-ring (bicyclic) bond motifs is 1. The Labute approximate surface area is 170 Å². The molecular weight excluding hydrogens is 368 g/mol. The van der Waals surface area contributed by atoms with Crippen molar-refractivity contribution in [1.82, 2.24) is 14.9 Å². The van der Waals surface area contributed by atoms with Crippen molar-refractivity contribution in [3.05, 3.63) is 41.5 Å². The molecule has 0 unspecified atom stereocenters. The van der Waals surface area contributed by atoms with E-state index in [1.165, 1.54) is 6.42 Å². The first kappa shape index (κ1) is 19.5. The van der Waals surface area contributed by atoms with E-state index in [2.05, 4.69) is 15.6 Å². The normalized spacial score (nSPS) is 16.7. The second kappa shape index (κ2) is 8.68. The van der Waals surface area contributed by atoms with Gasteiger partial charge in [-0.1, -0.05) is 31.4 Å². The van der Waals surface area contributed by atoms with Gasteiger partial charge in [0, 0.05) is 12.6 Å². The number of hydrogen-bond acceptors (Lipinski definition) is 4. The number of carbonyl (C=O) groups excluding carboxylic acids is 2. The number of rotatable bonds is 5. The number of aromatic nitrogens is 2. The maximum Gasteiger partial charge on any atom is 0.291 e. The quantitative estimate of drug-likeness (QED) is 0.809. The Balaban J connectivity index is 1.58. The summed E-state index contributed by atoms with van der Waals surface area (Å²) < 4.78 is 7.22. The third kappa shape index (κ3) is 4.13. The molecule has 29 heavy (non-hydrogen) atoms. The third-order valence-electron chi connectivity index (χ3n) is 5.83. The highest BCUT2D eigenvalue weighted by Gasteiger charge is 2.29. The van der Waals surface area contributed by atoms with Crippen LogP contribution in [0, 0.1) is 0 Å². The Bertz CT molecular complexity index is 899. The highest BCUT2D eigenvalue weighted by Crippen LogP contribution is 2.26. The van der Waals surface area contributed by atoms with Gasteiger partial charge in [0.1, 0.15) is 11.4 Å². The molecule has 1 aromatic carbocycles. The van der Waals surface area contributed by atoms with Gasteiger partial charge in [0.2, 0.25) is 0 Å². The van der Waals surface area contributed by atoms with Gasteiger partial charge in [-0.15, -0.1) is 0 Å². The minimum atomic E-state index is -0.325. The fourth-order valence-electron chi connectivity index (χ4n) is 4.33. The van der Waals surface area contributed by atoms with Crippen LogP contribution in [-0.2, 0) is 13.0 Å². The lowest BCUT2D eigenvalue weighted by molar-refractivity contribution is 0.0921. The van der Waals surface area contributed by atoms with Crippen LogP contribution in [0.15, 0.2) is 24.3 Å². The Kier molecular flexibility index (Phi) is 5.83. The fourth-order valence-corrected chi connectivity index (χ4v) is 4.33. The summed E-state index contributed by atoms with van der Waals surface area (Å²) in [7, 11) is 1.57. The predicted molar refractivity (Wildman–Crippen MR) is 110 cm³/mol. The number of ether oxygens (including phenoxy) is 1. The Hall–Kier alpha value is -2.83. The van der Waals surface area contributed by atoms with E-state index in [1.807, 2.05) is 16.7 Å². The van der Waals surface area contributed by atoms with Gasteiger partial charge in [-0.3, -0.25) is 9.59 Å². The highest BCUT2D eigenvalue weighted by molar-refractivity contribution is 6.04. The number of nitrogens with one attached hydrogen (secondary N) is 2. The van der Waals surface area contributed by atoms with Crippen molar-refractivity contribution in [2.45, 2.75) is 64.0 Å². The third-order valence-corrected chi connectivity index (χ3v) is 5.83. The molecule has 2 amide bonds. The summed E-state index contributed by atoms with van der Waals surface area (Å²) in [6.45, 7) is 0.702. The smallest absolute Gasteiger partial charge is 0.291 e. The molecule has 0 bridgehead atoms. The van der Waals surface area contributed by atoms with E-state index in [9.17, 15) is 9.59 Å². The molecule has 2 N–H and O–H groups in total. The summed E-state index contributed by atoms with van der Waals surface area (Å²) in [6.07, 6.45) is 8.32. The summed E-state index contributed by atoms with van der Waals surface area (Å²) in [5.74, 6) is 0.397. The molecule has 1 aliphatic carbocycles. The molecule has 4 rings (SSSR count). The van der Waals surface area contributed by atoms with E-state index in [-0.39, 0.29) is 17.9 Å². The zero-order chi connectivity index (χ0) is 20.2. The minimum absolute atomic E-state index is 0.154. The molecule has 0 spiro atoms. The molecule has 1 aromatic heterocycles. The van der Waals surface area contributed by atoms with E-state index in [4.69, 9.17) is 4.74 Å². The second-order valence-corrected chi connectivity index (χ2v) is 7.80. The van der Waals surface area contributed by atoms with Crippen molar-refractivity contribution in [3.8, 4) is 5.75 Å². The lowest BCUT2D eigenvalue weighted by Crippen LogP contribution is -2.37. The second-order valence-electron chi connectivity index (χ2n) is 7.80. The van der Waals surface area contributed by atoms with Crippen LogP contribution in [0.2, 0.25) is 0 Å². The first-order chi connectivity index (χ1) is 14.2. The maximum absolute atomic E-state index is 13.0. The molecule has 1 saturated carbocycles. The lowest BCUT2D eigenvalue weighted by atomic mass is 9.95. The number of nitrogens with zero attached hydrogens (tertiary/aromatic N) is 2. The van der Waals surface area contributed by atoms with Crippen LogP contribution in [0.3, 0.4) is 0 Å². The average molecular weight is 396 g/mol. The first-order valence-electron chi connectivity index (χ1n) is 10.5. The standard InChI is InChI=1S/C22H28N4O3/c1-29-18-13-6-5-11-16(18)24-22(28)20-25-19(17-12-7-8-14-26(17)20)21(27)23-15-9-3-2-4-10-15/h5-6,11,13,15H,2-4,7-10,12,14H2,1H3,(H,23,27)(H,24,28). The van der Waals surface area contributed by atoms with Gasteiger partial charge in [-0.25, -0.2) is 4.98 Å². The molecule has 0 saturated heterocycles. The topological polar surface area (TPSA) is 85.2 Å². The fraction of sp³-hybridized carbons (Fsp3) is 0.500. The van der Waals surface area contributed by atoms with Crippen molar-refractivity contribution in [2.75, 3.05) is 12.4 Å². The molecule has 0 radical (unpaired) electrons. The molecule has 7 nitrogen and oxygen atoms in total. The van der Waals surface area contributed by atoms with Crippen molar-refractivity contribution in [2.24, 2.45) is 0 Å². The van der Waals surface area contributed by atoms with Crippen LogP contribution >= 0.6 is 0 Å².